The van der Waals surface area contributed by atoms with Crippen molar-refractivity contribution in [3.63, 3.8) is 0 Å². The third kappa shape index (κ3) is 2.58. The minimum Gasteiger partial charge on any atom is -0.324 e. The van der Waals surface area contributed by atoms with Crippen molar-refractivity contribution in [2.75, 3.05) is 19.0 Å². The van der Waals surface area contributed by atoms with Gasteiger partial charge in [0, 0.05) is 19.7 Å². The number of hydrogen-bond acceptors (Lipinski definition) is 6. The fraction of sp³-hybridized carbons (Fsp3) is 0.333. The third-order valence-electron chi connectivity index (χ3n) is 2.46. The van der Waals surface area contributed by atoms with Crippen molar-refractivity contribution in [3.8, 4) is 0 Å². The van der Waals surface area contributed by atoms with Crippen LogP contribution < -0.4 is 11.3 Å². The number of rotatable bonds is 5. The number of nitrogens with zero attached hydrogens (tertiary/aromatic N) is 2. The molecule has 0 aliphatic rings. The lowest BCUT2D eigenvalue weighted by atomic mass is 10.3. The van der Waals surface area contributed by atoms with Crippen LogP contribution in [0.4, 0.5) is 11.4 Å². The predicted molar refractivity (Wildman–Crippen MR) is 66.4 cm³/mol. The van der Waals surface area contributed by atoms with Crippen molar-refractivity contribution >= 4 is 21.4 Å². The van der Waals surface area contributed by atoms with E-state index in [9.17, 15) is 18.5 Å². The summed E-state index contributed by atoms with van der Waals surface area (Å²) >= 11 is 0. The van der Waals surface area contributed by atoms with Gasteiger partial charge in [0.1, 0.15) is 0 Å². The number of hydrazine groups is 1. The molecule has 1 aromatic carbocycles. The molecular weight excluding hydrogens is 260 g/mol. The van der Waals surface area contributed by atoms with Crippen molar-refractivity contribution in [3.05, 3.63) is 28.3 Å². The second-order valence-corrected chi connectivity index (χ2v) is 5.52. The lowest BCUT2D eigenvalue weighted by molar-refractivity contribution is -0.387. The summed E-state index contributed by atoms with van der Waals surface area (Å²) in [4.78, 5) is 9.80. The summed E-state index contributed by atoms with van der Waals surface area (Å²) in [5.41, 5.74) is 1.99. The van der Waals surface area contributed by atoms with Crippen molar-refractivity contribution in [2.24, 2.45) is 5.84 Å². The molecule has 0 aliphatic carbocycles. The first-order chi connectivity index (χ1) is 8.34. The highest BCUT2D eigenvalue weighted by Crippen LogP contribution is 2.28. The van der Waals surface area contributed by atoms with Gasteiger partial charge in [-0.1, -0.05) is 6.92 Å². The van der Waals surface area contributed by atoms with Crippen LogP contribution in [0.25, 0.3) is 0 Å². The van der Waals surface area contributed by atoms with Gasteiger partial charge in [0.25, 0.3) is 5.69 Å². The molecule has 1 aromatic rings. The van der Waals surface area contributed by atoms with Crippen LogP contribution in [0.2, 0.25) is 0 Å². The Hall–Kier alpha value is -1.71. The average molecular weight is 274 g/mol. The summed E-state index contributed by atoms with van der Waals surface area (Å²) in [6, 6.07) is 3.61. The summed E-state index contributed by atoms with van der Waals surface area (Å²) in [7, 11) is -2.51. The van der Waals surface area contributed by atoms with Gasteiger partial charge in [-0.15, -0.1) is 0 Å². The molecule has 1 rings (SSSR count). The highest BCUT2D eigenvalue weighted by atomic mass is 32.2. The van der Waals surface area contributed by atoms with Gasteiger partial charge in [-0.3, -0.25) is 16.0 Å². The zero-order valence-electron chi connectivity index (χ0n) is 9.95. The molecule has 0 saturated carbocycles. The first-order valence-electron chi connectivity index (χ1n) is 5.06. The number of benzene rings is 1. The largest absolute Gasteiger partial charge is 0.324 e. The molecule has 100 valence electrons. The smallest absolute Gasteiger partial charge is 0.291 e. The van der Waals surface area contributed by atoms with Crippen LogP contribution in [0.3, 0.4) is 0 Å². The zero-order valence-corrected chi connectivity index (χ0v) is 10.8. The Morgan fingerprint density at radius 3 is 2.56 bits per heavy atom. The summed E-state index contributed by atoms with van der Waals surface area (Å²) in [6.45, 7) is 1.86. The van der Waals surface area contributed by atoms with Crippen LogP contribution in [0.5, 0.6) is 0 Å². The van der Waals surface area contributed by atoms with E-state index in [1.807, 2.05) is 0 Å². The van der Waals surface area contributed by atoms with E-state index in [0.717, 1.165) is 16.4 Å². The minimum atomic E-state index is -3.87. The van der Waals surface area contributed by atoms with Crippen molar-refractivity contribution < 1.29 is 13.3 Å². The van der Waals surface area contributed by atoms with Gasteiger partial charge >= 0.3 is 0 Å². The van der Waals surface area contributed by atoms with E-state index in [1.54, 1.807) is 6.92 Å². The number of anilines is 1. The number of hydrogen-bond donors (Lipinski definition) is 2. The van der Waals surface area contributed by atoms with Crippen molar-refractivity contribution in [1.29, 1.82) is 0 Å². The first kappa shape index (κ1) is 14.4. The van der Waals surface area contributed by atoms with Gasteiger partial charge in [-0.25, -0.2) is 12.7 Å². The lowest BCUT2D eigenvalue weighted by Gasteiger charge is -2.15. The number of sulfonamides is 1. The lowest BCUT2D eigenvalue weighted by Crippen LogP contribution is -2.27. The Labute approximate surface area is 105 Å². The third-order valence-corrected chi connectivity index (χ3v) is 4.44. The van der Waals surface area contributed by atoms with E-state index in [4.69, 9.17) is 5.84 Å². The van der Waals surface area contributed by atoms with E-state index >= 15 is 0 Å². The van der Waals surface area contributed by atoms with Gasteiger partial charge in [0.05, 0.1) is 10.6 Å². The second kappa shape index (κ2) is 5.29. The zero-order chi connectivity index (χ0) is 13.9. The van der Waals surface area contributed by atoms with Gasteiger partial charge < -0.3 is 5.43 Å². The van der Waals surface area contributed by atoms with E-state index < -0.39 is 20.6 Å². The molecule has 8 nitrogen and oxygen atoms in total. The predicted octanol–water partition coefficient (Wildman–Crippen LogP) is 0.521. The molecule has 0 atom stereocenters. The molecule has 0 saturated heterocycles. The highest BCUT2D eigenvalue weighted by molar-refractivity contribution is 7.89. The molecule has 0 aliphatic heterocycles. The Bertz CT molecular complexity index is 558. The maximum atomic E-state index is 12.1. The standard InChI is InChI=1S/C9H14N4O4S/c1-3-12(2)18(16,17)9-5-4-7(11-10)6-8(9)13(14)15/h4-6,11H,3,10H2,1-2H3. The molecule has 0 radical (unpaired) electrons. The topological polar surface area (TPSA) is 119 Å². The van der Waals surface area contributed by atoms with Crippen LogP contribution in [-0.4, -0.2) is 31.2 Å². The minimum absolute atomic E-state index is 0.219. The van der Waals surface area contributed by atoms with Crippen LogP contribution in [0.15, 0.2) is 23.1 Å². The van der Waals surface area contributed by atoms with Crippen molar-refractivity contribution in [2.45, 2.75) is 11.8 Å². The molecule has 0 heterocycles. The Kier molecular flexibility index (Phi) is 4.22. The molecule has 0 amide bonds. The molecule has 0 spiro atoms. The fourth-order valence-electron chi connectivity index (χ4n) is 1.31. The second-order valence-electron chi connectivity index (χ2n) is 3.50. The molecule has 0 unspecified atom stereocenters. The number of nitro groups is 1. The van der Waals surface area contributed by atoms with Crippen LogP contribution in [0, 0.1) is 10.1 Å². The molecular formula is C9H14N4O4S. The summed E-state index contributed by atoms with van der Waals surface area (Å²) in [5, 5.41) is 10.9. The Morgan fingerprint density at radius 2 is 2.11 bits per heavy atom. The summed E-state index contributed by atoms with van der Waals surface area (Å²) in [5.74, 6) is 5.13. The maximum Gasteiger partial charge on any atom is 0.291 e. The van der Waals surface area contributed by atoms with E-state index in [1.165, 1.54) is 13.1 Å². The molecule has 0 fully saturated rings. The number of nitrogens with one attached hydrogen (secondary N) is 1. The Balaban J connectivity index is 3.46. The average Bonchev–Trinajstić information content (AvgIpc) is 2.36. The monoisotopic (exact) mass is 274 g/mol. The molecule has 0 bridgehead atoms. The van der Waals surface area contributed by atoms with Crippen LogP contribution in [-0.2, 0) is 10.0 Å². The summed E-state index contributed by atoms with van der Waals surface area (Å²) in [6.07, 6.45) is 0. The SMILES string of the molecule is CCN(C)S(=O)(=O)c1ccc(NN)cc1[N+](=O)[O-]. The first-order valence-corrected chi connectivity index (χ1v) is 6.50. The number of nitrogens with two attached hydrogens (primary N) is 1. The van der Waals surface area contributed by atoms with Crippen LogP contribution >= 0.6 is 0 Å². The van der Waals surface area contributed by atoms with Crippen LogP contribution in [0.1, 0.15) is 6.92 Å². The maximum absolute atomic E-state index is 12.1. The quantitative estimate of drug-likeness (QED) is 0.459. The summed E-state index contributed by atoms with van der Waals surface area (Å²) < 4.78 is 25.1. The van der Waals surface area contributed by atoms with Gasteiger partial charge in [0.2, 0.25) is 10.0 Å². The molecule has 18 heavy (non-hydrogen) atoms. The number of nitro benzene ring substituents is 1. The number of nitrogen functional groups attached to an aromatic ring is 1. The highest BCUT2D eigenvalue weighted by Gasteiger charge is 2.28. The van der Waals surface area contributed by atoms with E-state index in [-0.39, 0.29) is 17.1 Å². The Morgan fingerprint density at radius 1 is 1.50 bits per heavy atom. The fourth-order valence-corrected chi connectivity index (χ4v) is 2.62. The van der Waals surface area contributed by atoms with Gasteiger partial charge in [-0.2, -0.15) is 0 Å². The molecule has 3 N–H and O–H groups in total. The molecule has 9 heteroatoms. The van der Waals surface area contributed by atoms with Gasteiger partial charge in [0.15, 0.2) is 4.90 Å². The van der Waals surface area contributed by atoms with E-state index in [2.05, 4.69) is 5.43 Å². The van der Waals surface area contributed by atoms with Gasteiger partial charge in [-0.05, 0) is 12.1 Å². The molecule has 0 aromatic heterocycles. The van der Waals surface area contributed by atoms with Crippen molar-refractivity contribution in [1.82, 2.24) is 4.31 Å². The van der Waals surface area contributed by atoms with E-state index in [0.29, 0.717) is 0 Å². The normalized spacial score (nSPS) is 11.6.